The van der Waals surface area contributed by atoms with Crippen molar-refractivity contribution >= 4 is 73.6 Å². The van der Waals surface area contributed by atoms with E-state index in [-0.39, 0.29) is 83.9 Å². The number of hydrogen-bond donors (Lipinski definition) is 8. The molecule has 36 heteroatoms. The molecule has 12 atom stereocenters. The first-order chi connectivity index (χ1) is 40.2. The summed E-state index contributed by atoms with van der Waals surface area (Å²) in [6, 6.07) is -2.25. The van der Waals surface area contributed by atoms with Crippen LogP contribution in [0.25, 0.3) is 22.3 Å². The van der Waals surface area contributed by atoms with Crippen LogP contribution in [-0.4, -0.2) is 197 Å². The van der Waals surface area contributed by atoms with Crippen LogP contribution in [0.2, 0.25) is 0 Å². The standard InChI is InChI=1S/2C25H41N6O11P/c2*1-8-38-17(32)11-40-43(36,30-15(9-13(2)3)22(34)41-14(4)5)39-10-16-19(33)25(6,35)23(42-16)31-12-27-18-20(31)28-24(26)29-21(18)37-7/h2*12-16,19,23,33,35H,8-11H2,1-7H3,(H,30,36)(H2,26,28,29)/t2*15-,16+,19+,23+,25+,43?/m00/s1. The summed E-state index contributed by atoms with van der Waals surface area (Å²) in [6.45, 7) is 17.3. The topological polar surface area (TPSA) is 457 Å². The number of nitrogens with one attached hydrogen (secondary N) is 2. The van der Waals surface area contributed by atoms with Gasteiger partial charge >= 0.3 is 39.4 Å². The Labute approximate surface area is 496 Å². The number of nitrogen functional groups attached to an aromatic ring is 2. The lowest BCUT2D eigenvalue weighted by Crippen LogP contribution is -2.44. The molecule has 6 heterocycles. The number of carbonyl (C=O) groups excluding carboxylic acids is 4. The van der Waals surface area contributed by atoms with Gasteiger partial charge in [-0.15, -0.1) is 0 Å². The number of imidazole rings is 2. The molecule has 0 amide bonds. The molecule has 10 N–H and O–H groups in total. The molecule has 0 saturated carbocycles. The van der Waals surface area contributed by atoms with Crippen molar-refractivity contribution in [1.82, 2.24) is 49.2 Å². The van der Waals surface area contributed by atoms with Crippen molar-refractivity contribution < 1.29 is 105 Å². The molecule has 0 radical (unpaired) electrons. The summed E-state index contributed by atoms with van der Waals surface area (Å²) in [5.74, 6) is -3.16. The van der Waals surface area contributed by atoms with Crippen LogP contribution in [0.4, 0.5) is 11.9 Å². The summed E-state index contributed by atoms with van der Waals surface area (Å²) >= 11 is 0. The molecule has 484 valence electrons. The molecule has 0 bridgehead atoms. The number of aromatic nitrogens is 8. The number of aliphatic hydroxyl groups excluding tert-OH is 2. The molecule has 34 nitrogen and oxygen atoms in total. The maximum absolute atomic E-state index is 13.9. The minimum absolute atomic E-state index is 0.0342. The fourth-order valence-corrected chi connectivity index (χ4v) is 11.7. The molecule has 2 fully saturated rings. The van der Waals surface area contributed by atoms with Crippen molar-refractivity contribution in [1.29, 1.82) is 0 Å². The number of nitrogens with two attached hydrogens (primary N) is 2. The summed E-state index contributed by atoms with van der Waals surface area (Å²) in [4.78, 5) is 74.3. The summed E-state index contributed by atoms with van der Waals surface area (Å²) in [5, 5.41) is 49.7. The molecule has 86 heavy (non-hydrogen) atoms. The van der Waals surface area contributed by atoms with Gasteiger partial charge in [-0.05, 0) is 80.1 Å². The second-order valence-electron chi connectivity index (χ2n) is 21.6. The van der Waals surface area contributed by atoms with Crippen molar-refractivity contribution in [2.75, 3.05) is 65.3 Å². The van der Waals surface area contributed by atoms with E-state index in [0.29, 0.717) is 0 Å². The Morgan fingerprint density at radius 1 is 0.628 bits per heavy atom. The molecule has 6 rings (SSSR count). The van der Waals surface area contributed by atoms with Crippen LogP contribution >= 0.6 is 15.5 Å². The minimum Gasteiger partial charge on any atom is -0.479 e. The van der Waals surface area contributed by atoms with E-state index in [1.807, 2.05) is 27.7 Å². The van der Waals surface area contributed by atoms with Crippen LogP contribution in [0, 0.1) is 11.8 Å². The van der Waals surface area contributed by atoms with Gasteiger partial charge in [0.1, 0.15) is 47.7 Å². The first-order valence-electron chi connectivity index (χ1n) is 27.5. The van der Waals surface area contributed by atoms with Gasteiger partial charge in [0.25, 0.3) is 0 Å². The van der Waals surface area contributed by atoms with E-state index in [0.717, 1.165) is 0 Å². The summed E-state index contributed by atoms with van der Waals surface area (Å²) in [7, 11) is -6.16. The summed E-state index contributed by atoms with van der Waals surface area (Å²) in [5.41, 5.74) is 8.52. The smallest absolute Gasteiger partial charge is 0.406 e. The fraction of sp³-hybridized carbons (Fsp3) is 0.720. The molecular weight excluding hydrogens is 1180 g/mol. The number of anilines is 2. The predicted octanol–water partition coefficient (Wildman–Crippen LogP) is 2.17. The van der Waals surface area contributed by atoms with Crippen LogP contribution in [0.1, 0.15) is 108 Å². The summed E-state index contributed by atoms with van der Waals surface area (Å²) < 4.78 is 95.0. The maximum atomic E-state index is 13.9. The van der Waals surface area contributed by atoms with Gasteiger partial charge in [-0.3, -0.25) is 36.8 Å². The highest BCUT2D eigenvalue weighted by Gasteiger charge is 2.56. The van der Waals surface area contributed by atoms with Gasteiger partial charge < -0.3 is 69.8 Å². The number of fused-ring (bicyclic) bond motifs is 2. The Balaban J connectivity index is 0.000000314. The van der Waals surface area contributed by atoms with Crippen LogP contribution in [0.5, 0.6) is 11.8 Å². The third-order valence-electron chi connectivity index (χ3n) is 12.7. The lowest BCUT2D eigenvalue weighted by Gasteiger charge is -2.28. The van der Waals surface area contributed by atoms with Gasteiger partial charge in [0.15, 0.2) is 48.0 Å². The van der Waals surface area contributed by atoms with E-state index in [4.69, 9.17) is 67.5 Å². The van der Waals surface area contributed by atoms with Crippen molar-refractivity contribution in [3.05, 3.63) is 12.7 Å². The molecule has 4 aromatic rings. The van der Waals surface area contributed by atoms with E-state index >= 15 is 0 Å². The van der Waals surface area contributed by atoms with E-state index in [9.17, 15) is 48.7 Å². The number of hydrogen-bond acceptors (Lipinski definition) is 30. The van der Waals surface area contributed by atoms with Crippen molar-refractivity contribution in [3.63, 3.8) is 0 Å². The van der Waals surface area contributed by atoms with Crippen molar-refractivity contribution in [2.45, 2.75) is 168 Å². The number of carbonyl (C=O) groups is 4. The third kappa shape index (κ3) is 18.1. The SMILES string of the molecule is CCOC(=O)COP(=O)(N[C@@H](CC(C)C)C(=O)OC(C)C)OC[C@H]1O[C@@H](n2cnc3c(OC)nc(N)nc32)[C@](C)(O)[C@@H]1O.CCOC(=O)COP(=O)(N[C@@H](CC(C)C)C(=O)OC(C)C)OC[C@H]1O[C@@H](n2cnc3c(OC)nc(N)nc32)[C@](C)(O)[C@@H]1O. The molecule has 2 aliphatic heterocycles. The van der Waals surface area contributed by atoms with Gasteiger partial charge in [0, 0.05) is 0 Å². The van der Waals surface area contributed by atoms with E-state index in [1.165, 1.54) is 49.9 Å². The molecule has 4 aromatic heterocycles. The molecule has 0 aromatic carbocycles. The van der Waals surface area contributed by atoms with Gasteiger partial charge in [-0.1, -0.05) is 27.7 Å². The maximum Gasteiger partial charge on any atom is 0.406 e. The second kappa shape index (κ2) is 30.4. The van der Waals surface area contributed by atoms with Gasteiger partial charge in [0.05, 0.1) is 65.5 Å². The highest BCUT2D eigenvalue weighted by molar-refractivity contribution is 7.52. The number of aliphatic hydroxyl groups is 4. The highest BCUT2D eigenvalue weighted by Crippen LogP contribution is 2.49. The molecule has 2 aliphatic rings. The normalized spacial score (nSPS) is 24.3. The number of ether oxygens (including phenoxy) is 8. The molecule has 2 unspecified atom stereocenters. The zero-order valence-electron chi connectivity index (χ0n) is 50.5. The lowest BCUT2D eigenvalue weighted by molar-refractivity contribution is -0.151. The molecular formula is C50H82N12O22P2. The zero-order valence-corrected chi connectivity index (χ0v) is 52.3. The highest BCUT2D eigenvalue weighted by atomic mass is 31.2. The average molecular weight is 1270 g/mol. The van der Waals surface area contributed by atoms with E-state index in [1.54, 1.807) is 41.5 Å². The Hall–Kier alpha value is -5.84. The summed E-state index contributed by atoms with van der Waals surface area (Å²) in [6.07, 6.45) is -6.12. The van der Waals surface area contributed by atoms with Crippen LogP contribution < -0.4 is 31.1 Å². The van der Waals surface area contributed by atoms with Gasteiger partial charge in [-0.2, -0.15) is 19.9 Å². The second-order valence-corrected chi connectivity index (χ2v) is 25.1. The molecule has 0 aliphatic carbocycles. The first kappa shape index (κ1) is 70.9. The quantitative estimate of drug-likeness (QED) is 0.0211. The first-order valence-corrected chi connectivity index (χ1v) is 30.6. The zero-order chi connectivity index (χ0) is 64.2. The average Bonchev–Trinajstić information content (AvgIpc) is 1.65. The molecule has 0 spiro atoms. The Kier molecular flexibility index (Phi) is 25.1. The monoisotopic (exact) mass is 1260 g/mol. The van der Waals surface area contributed by atoms with Gasteiger partial charge in [0.2, 0.25) is 23.7 Å². The Morgan fingerprint density at radius 2 is 0.977 bits per heavy atom. The van der Waals surface area contributed by atoms with Crippen molar-refractivity contribution in [3.8, 4) is 11.8 Å². The minimum atomic E-state index is -4.46. The Morgan fingerprint density at radius 3 is 1.28 bits per heavy atom. The number of rotatable bonds is 30. The van der Waals surface area contributed by atoms with Crippen LogP contribution in [0.15, 0.2) is 12.7 Å². The van der Waals surface area contributed by atoms with E-state index < -0.39 is 138 Å². The lowest BCUT2D eigenvalue weighted by atomic mass is 9.96. The fourth-order valence-electron chi connectivity index (χ4n) is 8.80. The predicted molar refractivity (Wildman–Crippen MR) is 301 cm³/mol. The number of nitrogens with zero attached hydrogens (tertiary/aromatic N) is 8. The number of esters is 4. The van der Waals surface area contributed by atoms with E-state index in [2.05, 4.69) is 40.1 Å². The van der Waals surface area contributed by atoms with Crippen LogP contribution in [0.3, 0.4) is 0 Å². The third-order valence-corrected chi connectivity index (χ3v) is 15.8. The Bertz CT molecular complexity index is 2840. The van der Waals surface area contributed by atoms with Gasteiger partial charge in [-0.25, -0.2) is 38.9 Å². The van der Waals surface area contributed by atoms with Crippen LogP contribution in [-0.2, 0) is 74.8 Å². The largest absolute Gasteiger partial charge is 0.479 e. The van der Waals surface area contributed by atoms with Crippen molar-refractivity contribution in [2.24, 2.45) is 11.8 Å². The number of methoxy groups -OCH3 is 2. The molecule has 2 saturated heterocycles.